The summed E-state index contributed by atoms with van der Waals surface area (Å²) in [7, 11) is 0. The molecule has 0 spiro atoms. The Bertz CT molecular complexity index is 422. The largest absolute Gasteiger partial charge is 0.466 e. The highest BCUT2D eigenvalue weighted by molar-refractivity contribution is 6.02. The van der Waals surface area contributed by atoms with Gasteiger partial charge in [0.05, 0.1) is 19.8 Å². The fourth-order valence-corrected chi connectivity index (χ4v) is 1.85. The third kappa shape index (κ3) is 11.0. The highest BCUT2D eigenvalue weighted by Crippen LogP contribution is 2.01. The van der Waals surface area contributed by atoms with E-state index in [4.69, 9.17) is 14.2 Å². The number of rotatable bonds is 12. The van der Waals surface area contributed by atoms with E-state index >= 15 is 0 Å². The van der Waals surface area contributed by atoms with Crippen LogP contribution in [0.25, 0.3) is 0 Å². The molecule has 2 amide bonds. The van der Waals surface area contributed by atoms with Crippen LogP contribution < -0.4 is 10.6 Å². The van der Waals surface area contributed by atoms with Crippen LogP contribution >= 0.6 is 0 Å². The number of hydrogen-bond donors (Lipinski definition) is 2. The van der Waals surface area contributed by atoms with E-state index in [2.05, 4.69) is 10.6 Å². The monoisotopic (exact) mass is 360 g/mol. The van der Waals surface area contributed by atoms with Crippen molar-refractivity contribution in [3.63, 3.8) is 0 Å². The first-order valence-corrected chi connectivity index (χ1v) is 8.49. The SMILES string of the molecule is CCOC(=O)CCCCCNC(=O)NC(C(=O)OCC)C(=O)OCC. The molecule has 0 saturated heterocycles. The summed E-state index contributed by atoms with van der Waals surface area (Å²) in [6, 6.07) is -2.17. The van der Waals surface area contributed by atoms with E-state index in [1.807, 2.05) is 0 Å². The molecular formula is C16H28N2O7. The first-order chi connectivity index (χ1) is 12.0. The summed E-state index contributed by atoms with van der Waals surface area (Å²) in [5, 5.41) is 4.78. The normalized spacial score (nSPS) is 10.1. The standard InChI is InChI=1S/C16H28N2O7/c1-4-23-12(19)10-8-7-9-11-17-16(22)18-13(14(20)24-5-2)15(21)25-6-3/h13H,4-11H2,1-3H3,(H2,17,18,22). The fraction of sp³-hybridized carbons (Fsp3) is 0.750. The van der Waals surface area contributed by atoms with Gasteiger partial charge in [-0.25, -0.2) is 14.4 Å². The second-order valence-corrected chi connectivity index (χ2v) is 4.95. The smallest absolute Gasteiger partial charge is 0.340 e. The molecule has 25 heavy (non-hydrogen) atoms. The summed E-state index contributed by atoms with van der Waals surface area (Å²) in [5.41, 5.74) is 0. The molecule has 0 unspecified atom stereocenters. The van der Waals surface area contributed by atoms with E-state index < -0.39 is 24.0 Å². The Labute approximate surface area is 147 Å². The maximum atomic E-state index is 11.8. The summed E-state index contributed by atoms with van der Waals surface area (Å²) < 4.78 is 14.3. The number of esters is 3. The minimum atomic E-state index is -1.50. The zero-order valence-corrected chi connectivity index (χ0v) is 15.1. The minimum absolute atomic E-state index is 0.0818. The second kappa shape index (κ2) is 14.1. The van der Waals surface area contributed by atoms with Crippen molar-refractivity contribution in [2.75, 3.05) is 26.4 Å². The van der Waals surface area contributed by atoms with E-state index in [-0.39, 0.29) is 19.2 Å². The molecule has 0 aromatic carbocycles. The lowest BCUT2D eigenvalue weighted by atomic mass is 10.2. The van der Waals surface area contributed by atoms with Crippen molar-refractivity contribution >= 4 is 23.9 Å². The van der Waals surface area contributed by atoms with E-state index in [0.717, 1.165) is 6.42 Å². The third-order valence-electron chi connectivity index (χ3n) is 2.97. The molecule has 0 saturated carbocycles. The molecule has 0 aliphatic carbocycles. The molecule has 9 heteroatoms. The fourth-order valence-electron chi connectivity index (χ4n) is 1.85. The average Bonchev–Trinajstić information content (AvgIpc) is 2.56. The van der Waals surface area contributed by atoms with Gasteiger partial charge in [0.1, 0.15) is 0 Å². The van der Waals surface area contributed by atoms with Crippen LogP contribution in [-0.2, 0) is 28.6 Å². The molecule has 2 N–H and O–H groups in total. The molecule has 0 atom stereocenters. The molecule has 0 bridgehead atoms. The number of amides is 2. The number of unbranched alkanes of at least 4 members (excludes halogenated alkanes) is 2. The van der Waals surface area contributed by atoms with Gasteiger partial charge in [0.2, 0.25) is 6.04 Å². The molecule has 0 radical (unpaired) electrons. The molecule has 0 heterocycles. The van der Waals surface area contributed by atoms with Crippen molar-refractivity contribution < 1.29 is 33.4 Å². The Morgan fingerprint density at radius 2 is 1.36 bits per heavy atom. The van der Waals surface area contributed by atoms with Crippen LogP contribution in [0.1, 0.15) is 46.5 Å². The molecule has 9 nitrogen and oxygen atoms in total. The molecule has 0 rings (SSSR count). The van der Waals surface area contributed by atoms with Gasteiger partial charge in [0.15, 0.2) is 0 Å². The molecule has 0 aromatic heterocycles. The Kier molecular flexibility index (Phi) is 12.8. The first kappa shape index (κ1) is 22.7. The maximum Gasteiger partial charge on any atom is 0.340 e. The average molecular weight is 360 g/mol. The molecular weight excluding hydrogens is 332 g/mol. The number of hydrogen-bond acceptors (Lipinski definition) is 7. The van der Waals surface area contributed by atoms with Gasteiger partial charge in [-0.2, -0.15) is 0 Å². The molecule has 0 aromatic rings. The Morgan fingerprint density at radius 3 is 1.88 bits per heavy atom. The molecule has 144 valence electrons. The van der Waals surface area contributed by atoms with E-state index in [9.17, 15) is 19.2 Å². The lowest BCUT2D eigenvalue weighted by Crippen LogP contribution is -2.51. The lowest BCUT2D eigenvalue weighted by molar-refractivity contribution is -0.157. The van der Waals surface area contributed by atoms with Crippen molar-refractivity contribution in [3.8, 4) is 0 Å². The Morgan fingerprint density at radius 1 is 0.800 bits per heavy atom. The van der Waals surface area contributed by atoms with E-state index in [1.165, 1.54) is 0 Å². The van der Waals surface area contributed by atoms with E-state index in [0.29, 0.717) is 32.4 Å². The van der Waals surface area contributed by atoms with Crippen molar-refractivity contribution in [2.45, 2.75) is 52.5 Å². The molecule has 0 aliphatic rings. The number of carbonyl (C=O) groups is 4. The Hall–Kier alpha value is -2.32. The first-order valence-electron chi connectivity index (χ1n) is 8.49. The van der Waals surface area contributed by atoms with Gasteiger partial charge in [-0.15, -0.1) is 0 Å². The van der Waals surface area contributed by atoms with Gasteiger partial charge in [-0.05, 0) is 33.6 Å². The summed E-state index contributed by atoms with van der Waals surface area (Å²) in [6.07, 6.45) is 2.39. The maximum absolute atomic E-state index is 11.8. The second-order valence-electron chi connectivity index (χ2n) is 4.95. The molecule has 0 fully saturated rings. The van der Waals surface area contributed by atoms with Crippen LogP contribution in [0.15, 0.2) is 0 Å². The minimum Gasteiger partial charge on any atom is -0.466 e. The van der Waals surface area contributed by atoms with Gasteiger partial charge in [0, 0.05) is 13.0 Å². The number of ether oxygens (including phenoxy) is 3. The van der Waals surface area contributed by atoms with Crippen LogP contribution in [0, 0.1) is 0 Å². The van der Waals surface area contributed by atoms with Gasteiger partial charge < -0.3 is 24.8 Å². The van der Waals surface area contributed by atoms with Crippen molar-refractivity contribution in [2.24, 2.45) is 0 Å². The van der Waals surface area contributed by atoms with Gasteiger partial charge >= 0.3 is 23.9 Å². The topological polar surface area (TPSA) is 120 Å². The van der Waals surface area contributed by atoms with Gasteiger partial charge in [-0.3, -0.25) is 4.79 Å². The van der Waals surface area contributed by atoms with Crippen LogP contribution in [0.5, 0.6) is 0 Å². The highest BCUT2D eigenvalue weighted by Gasteiger charge is 2.31. The Balaban J connectivity index is 4.11. The zero-order chi connectivity index (χ0) is 19.1. The van der Waals surface area contributed by atoms with Crippen molar-refractivity contribution in [3.05, 3.63) is 0 Å². The van der Waals surface area contributed by atoms with Crippen LogP contribution in [0.2, 0.25) is 0 Å². The lowest BCUT2D eigenvalue weighted by Gasteiger charge is -2.16. The van der Waals surface area contributed by atoms with E-state index in [1.54, 1.807) is 20.8 Å². The summed E-state index contributed by atoms with van der Waals surface area (Å²) in [4.78, 5) is 46.4. The predicted octanol–water partition coefficient (Wildman–Crippen LogP) is 0.904. The van der Waals surface area contributed by atoms with Crippen LogP contribution in [0.3, 0.4) is 0 Å². The summed E-state index contributed by atoms with van der Waals surface area (Å²) >= 11 is 0. The number of carbonyl (C=O) groups excluding carboxylic acids is 4. The van der Waals surface area contributed by atoms with Crippen LogP contribution in [-0.4, -0.2) is 56.3 Å². The number of urea groups is 1. The summed E-state index contributed by atoms with van der Waals surface area (Å²) in [5.74, 6) is -1.98. The number of nitrogens with one attached hydrogen (secondary N) is 2. The van der Waals surface area contributed by atoms with Crippen molar-refractivity contribution in [1.29, 1.82) is 0 Å². The zero-order valence-electron chi connectivity index (χ0n) is 15.1. The quantitative estimate of drug-likeness (QED) is 0.230. The van der Waals surface area contributed by atoms with Gasteiger partial charge in [0.25, 0.3) is 0 Å². The predicted molar refractivity (Wildman–Crippen MR) is 88.7 cm³/mol. The van der Waals surface area contributed by atoms with Crippen LogP contribution in [0.4, 0.5) is 4.79 Å². The van der Waals surface area contributed by atoms with Gasteiger partial charge in [-0.1, -0.05) is 6.42 Å². The van der Waals surface area contributed by atoms with Crippen molar-refractivity contribution in [1.82, 2.24) is 10.6 Å². The summed E-state index contributed by atoms with van der Waals surface area (Å²) in [6.45, 7) is 5.81. The third-order valence-corrected chi connectivity index (χ3v) is 2.97. The molecule has 0 aliphatic heterocycles. The highest BCUT2D eigenvalue weighted by atomic mass is 16.6.